The summed E-state index contributed by atoms with van der Waals surface area (Å²) < 4.78 is 12.9. The number of halogens is 1. The van der Waals surface area contributed by atoms with Crippen molar-refractivity contribution in [2.75, 3.05) is 12.8 Å². The van der Waals surface area contributed by atoms with Gasteiger partial charge in [-0.1, -0.05) is 23.9 Å². The molecule has 0 radical (unpaired) electrons. The lowest BCUT2D eigenvalue weighted by Crippen LogP contribution is -1.83. The van der Waals surface area contributed by atoms with Crippen molar-refractivity contribution in [1.82, 2.24) is 0 Å². The molecule has 90 valence electrons. The zero-order valence-electron chi connectivity index (χ0n) is 9.43. The molecule has 0 saturated carbocycles. The van der Waals surface area contributed by atoms with E-state index in [1.807, 2.05) is 30.3 Å². The van der Waals surface area contributed by atoms with Crippen molar-refractivity contribution in [3.8, 4) is 0 Å². The zero-order chi connectivity index (χ0) is 12.7. The normalized spacial score (nSPS) is 9.35. The lowest BCUT2D eigenvalue weighted by molar-refractivity contribution is 0.399. The molecule has 0 aliphatic rings. The minimum Gasteiger partial charge on any atom is -0.400 e. The Labute approximate surface area is 104 Å². The summed E-state index contributed by atoms with van der Waals surface area (Å²) in [5, 5.41) is 7.00. The molecule has 0 aromatic heterocycles. The Hall–Kier alpha value is -1.52. The number of aliphatic hydroxyl groups is 1. The third-order valence-corrected chi connectivity index (χ3v) is 2.87. The summed E-state index contributed by atoms with van der Waals surface area (Å²) in [4.78, 5) is 1.89. The van der Waals surface area contributed by atoms with Gasteiger partial charge in [0.25, 0.3) is 0 Å². The fourth-order valence-electron chi connectivity index (χ4n) is 1.24. The van der Waals surface area contributed by atoms with Crippen LogP contribution >= 0.6 is 11.8 Å². The lowest BCUT2D eigenvalue weighted by Gasteiger charge is -2.02. The van der Waals surface area contributed by atoms with Crippen molar-refractivity contribution in [2.24, 2.45) is 0 Å². The molecule has 0 unspecified atom stereocenters. The molecular formula is C13H14FNOS. The highest BCUT2D eigenvalue weighted by Gasteiger charge is 1.98. The Kier molecular flexibility index (Phi) is 5.52. The first kappa shape index (κ1) is 13.5. The highest BCUT2D eigenvalue weighted by Crippen LogP contribution is 2.28. The largest absolute Gasteiger partial charge is 0.400 e. The van der Waals surface area contributed by atoms with Gasteiger partial charge in [0.2, 0.25) is 0 Å². The third-order valence-electron chi connectivity index (χ3n) is 1.89. The van der Waals surface area contributed by atoms with E-state index in [-0.39, 0.29) is 5.82 Å². The van der Waals surface area contributed by atoms with Gasteiger partial charge in [-0.05, 0) is 36.4 Å². The van der Waals surface area contributed by atoms with E-state index in [4.69, 9.17) is 10.8 Å². The van der Waals surface area contributed by atoms with Gasteiger partial charge < -0.3 is 10.8 Å². The summed E-state index contributed by atoms with van der Waals surface area (Å²) in [5.41, 5.74) is 6.37. The standard InChI is InChI=1S/C12H10FNS.CH4O/c13-9-3-1-5-11(7-9)15-12-6-2-4-10(14)8-12;1-2/h1-8H,14H2;2H,1H3. The molecular weight excluding hydrogens is 237 g/mol. The van der Waals surface area contributed by atoms with Gasteiger partial charge >= 0.3 is 0 Å². The van der Waals surface area contributed by atoms with Crippen LogP contribution < -0.4 is 5.73 Å². The molecule has 0 amide bonds. The van der Waals surface area contributed by atoms with E-state index in [0.29, 0.717) is 0 Å². The molecule has 2 nitrogen and oxygen atoms in total. The summed E-state index contributed by atoms with van der Waals surface area (Å²) >= 11 is 1.50. The maximum Gasteiger partial charge on any atom is 0.124 e. The minimum absolute atomic E-state index is 0.219. The molecule has 0 spiro atoms. The number of hydrogen-bond donors (Lipinski definition) is 2. The molecule has 4 heteroatoms. The molecule has 2 aromatic carbocycles. The average molecular weight is 251 g/mol. The summed E-state index contributed by atoms with van der Waals surface area (Å²) in [5.74, 6) is -0.219. The minimum atomic E-state index is -0.219. The smallest absolute Gasteiger partial charge is 0.124 e. The topological polar surface area (TPSA) is 46.2 Å². The first-order chi connectivity index (χ1) is 8.24. The molecule has 0 fully saturated rings. The van der Waals surface area contributed by atoms with Crippen molar-refractivity contribution >= 4 is 17.4 Å². The SMILES string of the molecule is CO.Nc1cccc(Sc2cccc(F)c2)c1. The van der Waals surface area contributed by atoms with Crippen LogP contribution in [0.5, 0.6) is 0 Å². The Morgan fingerprint density at radius 1 is 1.00 bits per heavy atom. The van der Waals surface area contributed by atoms with Crippen LogP contribution in [0.25, 0.3) is 0 Å². The lowest BCUT2D eigenvalue weighted by atomic mass is 10.3. The molecule has 17 heavy (non-hydrogen) atoms. The zero-order valence-corrected chi connectivity index (χ0v) is 10.2. The van der Waals surface area contributed by atoms with Gasteiger partial charge in [0, 0.05) is 22.6 Å². The number of aliphatic hydroxyl groups excluding tert-OH is 1. The quantitative estimate of drug-likeness (QED) is 0.806. The van der Waals surface area contributed by atoms with Crippen LogP contribution in [0.3, 0.4) is 0 Å². The average Bonchev–Trinajstić information content (AvgIpc) is 2.31. The second-order valence-electron chi connectivity index (χ2n) is 3.13. The van der Waals surface area contributed by atoms with Crippen molar-refractivity contribution < 1.29 is 9.50 Å². The molecule has 2 aromatic rings. The second-order valence-corrected chi connectivity index (χ2v) is 4.28. The molecule has 0 saturated heterocycles. The molecule has 0 atom stereocenters. The van der Waals surface area contributed by atoms with Crippen molar-refractivity contribution in [1.29, 1.82) is 0 Å². The number of nitrogens with two attached hydrogens (primary N) is 1. The van der Waals surface area contributed by atoms with E-state index in [0.717, 1.165) is 22.6 Å². The van der Waals surface area contributed by atoms with Crippen molar-refractivity contribution in [2.45, 2.75) is 9.79 Å². The number of nitrogen functional groups attached to an aromatic ring is 1. The maximum absolute atomic E-state index is 12.9. The van der Waals surface area contributed by atoms with E-state index in [2.05, 4.69) is 0 Å². The Bertz CT molecular complexity index is 433. The number of benzene rings is 2. The first-order valence-electron chi connectivity index (χ1n) is 4.98. The molecule has 0 heterocycles. The van der Waals surface area contributed by atoms with Crippen molar-refractivity contribution in [3.63, 3.8) is 0 Å². The van der Waals surface area contributed by atoms with Crippen LogP contribution in [-0.4, -0.2) is 12.2 Å². The number of rotatable bonds is 2. The molecule has 2 rings (SSSR count). The number of hydrogen-bond acceptors (Lipinski definition) is 3. The van der Waals surface area contributed by atoms with E-state index in [9.17, 15) is 4.39 Å². The van der Waals surface area contributed by atoms with Gasteiger partial charge in [-0.3, -0.25) is 0 Å². The highest BCUT2D eigenvalue weighted by molar-refractivity contribution is 7.99. The summed E-state index contributed by atoms with van der Waals surface area (Å²) in [6, 6.07) is 14.0. The summed E-state index contributed by atoms with van der Waals surface area (Å²) in [6.45, 7) is 0. The van der Waals surface area contributed by atoms with E-state index < -0.39 is 0 Å². The van der Waals surface area contributed by atoms with Gasteiger partial charge in [-0.2, -0.15) is 0 Å². The molecule has 0 aliphatic heterocycles. The Morgan fingerprint density at radius 2 is 1.59 bits per heavy atom. The van der Waals surface area contributed by atoms with Gasteiger partial charge in [0.15, 0.2) is 0 Å². The Morgan fingerprint density at radius 3 is 2.18 bits per heavy atom. The second kappa shape index (κ2) is 6.93. The predicted molar refractivity (Wildman–Crippen MR) is 69.5 cm³/mol. The monoisotopic (exact) mass is 251 g/mol. The van der Waals surface area contributed by atoms with Crippen LogP contribution in [0, 0.1) is 5.82 Å². The van der Waals surface area contributed by atoms with Crippen LogP contribution in [0.15, 0.2) is 58.3 Å². The van der Waals surface area contributed by atoms with E-state index in [1.165, 1.54) is 23.9 Å². The first-order valence-corrected chi connectivity index (χ1v) is 5.79. The summed E-state index contributed by atoms with van der Waals surface area (Å²) in [7, 11) is 1.00. The van der Waals surface area contributed by atoms with E-state index >= 15 is 0 Å². The van der Waals surface area contributed by atoms with Crippen LogP contribution in [0.2, 0.25) is 0 Å². The van der Waals surface area contributed by atoms with Crippen LogP contribution in [0.1, 0.15) is 0 Å². The maximum atomic E-state index is 12.9. The summed E-state index contributed by atoms with van der Waals surface area (Å²) in [6.07, 6.45) is 0. The van der Waals surface area contributed by atoms with E-state index in [1.54, 1.807) is 6.07 Å². The fraction of sp³-hybridized carbons (Fsp3) is 0.0769. The Balaban J connectivity index is 0.000000686. The third kappa shape index (κ3) is 4.46. The molecule has 0 bridgehead atoms. The molecule has 3 N–H and O–H groups in total. The van der Waals surface area contributed by atoms with Gasteiger partial charge in [-0.15, -0.1) is 0 Å². The highest BCUT2D eigenvalue weighted by atomic mass is 32.2. The van der Waals surface area contributed by atoms with Crippen molar-refractivity contribution in [3.05, 3.63) is 54.3 Å². The van der Waals surface area contributed by atoms with Crippen LogP contribution in [-0.2, 0) is 0 Å². The van der Waals surface area contributed by atoms with Gasteiger partial charge in [-0.25, -0.2) is 4.39 Å². The van der Waals surface area contributed by atoms with Gasteiger partial charge in [0.1, 0.15) is 5.82 Å². The molecule has 0 aliphatic carbocycles. The predicted octanol–water partition coefficient (Wildman–Crippen LogP) is 3.17. The van der Waals surface area contributed by atoms with Crippen LogP contribution in [0.4, 0.5) is 10.1 Å². The van der Waals surface area contributed by atoms with Gasteiger partial charge in [0.05, 0.1) is 0 Å². The number of anilines is 1. The fourth-order valence-corrected chi connectivity index (χ4v) is 2.18.